The Hall–Kier alpha value is -2.43. The quantitative estimate of drug-likeness (QED) is 0.152. The van der Waals surface area contributed by atoms with Gasteiger partial charge < -0.3 is 0 Å². The van der Waals surface area contributed by atoms with Gasteiger partial charge in [0.25, 0.3) is 0 Å². The Morgan fingerprint density at radius 2 is 0.688 bits per heavy atom. The van der Waals surface area contributed by atoms with Gasteiger partial charge in [0.05, 0.1) is 16.1 Å². The molecule has 1 aromatic rings. The first-order valence-corrected chi connectivity index (χ1v) is 17.3. The van der Waals surface area contributed by atoms with E-state index in [0.717, 1.165) is 48.4 Å². The lowest BCUT2D eigenvalue weighted by Gasteiger charge is -2.27. The van der Waals surface area contributed by atoms with E-state index in [1.807, 2.05) is 0 Å². The zero-order valence-corrected chi connectivity index (χ0v) is 22.0. The van der Waals surface area contributed by atoms with E-state index in [2.05, 4.69) is 124 Å². The van der Waals surface area contributed by atoms with E-state index < -0.39 is 16.1 Å². The largest absolute Gasteiger partial charge is 0.103 e. The number of rotatable bonds is 18. The fourth-order valence-electron chi connectivity index (χ4n) is 4.45. The molecule has 0 bridgehead atoms. The maximum absolute atomic E-state index is 3.98. The molecule has 0 amide bonds. The molecule has 0 fully saturated rings. The smallest absolute Gasteiger partial charge is 0.0685 e. The molecule has 1 aromatic carbocycles. The van der Waals surface area contributed by atoms with Gasteiger partial charge in [0.2, 0.25) is 0 Å². The molecule has 0 radical (unpaired) electrons. The molecule has 0 nitrogen and oxygen atoms in total. The van der Waals surface area contributed by atoms with Gasteiger partial charge in [-0.15, -0.1) is 39.5 Å². The van der Waals surface area contributed by atoms with Crippen molar-refractivity contribution in [2.45, 2.75) is 48.4 Å². The molecular formula is C30H42Si2. The second-order valence-corrected chi connectivity index (χ2v) is 18.1. The molecule has 0 saturated carbocycles. The molecule has 0 aliphatic carbocycles. The number of benzene rings is 1. The van der Waals surface area contributed by atoms with Gasteiger partial charge in [-0.2, -0.15) is 0 Å². The summed E-state index contributed by atoms with van der Waals surface area (Å²) in [6.45, 7) is 23.9. The molecule has 170 valence electrons. The normalized spacial score (nSPS) is 12.0. The Labute approximate surface area is 199 Å². The number of hydrogen-bond donors (Lipinski definition) is 0. The van der Waals surface area contributed by atoms with E-state index in [0.29, 0.717) is 0 Å². The molecule has 0 saturated heterocycles. The van der Waals surface area contributed by atoms with Crippen molar-refractivity contribution in [3.8, 4) is 0 Å². The monoisotopic (exact) mass is 458 g/mol. The molecule has 0 spiro atoms. The van der Waals surface area contributed by atoms with Crippen molar-refractivity contribution in [1.82, 2.24) is 0 Å². The van der Waals surface area contributed by atoms with Gasteiger partial charge >= 0.3 is 0 Å². The van der Waals surface area contributed by atoms with Gasteiger partial charge in [-0.25, -0.2) is 0 Å². The maximum Gasteiger partial charge on any atom is 0.0685 e. The zero-order chi connectivity index (χ0) is 23.7. The zero-order valence-electron chi connectivity index (χ0n) is 20.0. The third-order valence-electron chi connectivity index (χ3n) is 6.12. The Balaban J connectivity index is 2.83. The van der Waals surface area contributed by atoms with Gasteiger partial charge in [0, 0.05) is 0 Å². The van der Waals surface area contributed by atoms with E-state index in [1.54, 1.807) is 0 Å². The van der Waals surface area contributed by atoms with Crippen molar-refractivity contribution in [2.75, 3.05) is 0 Å². The minimum Gasteiger partial charge on any atom is -0.103 e. The lowest BCUT2D eigenvalue weighted by atomic mass is 10.1. The molecule has 0 heterocycles. The highest BCUT2D eigenvalue weighted by Crippen LogP contribution is 2.29. The van der Waals surface area contributed by atoms with Crippen LogP contribution in [0.2, 0.25) is 48.4 Å². The highest BCUT2D eigenvalue weighted by molar-refractivity contribution is 6.81. The van der Waals surface area contributed by atoms with Crippen molar-refractivity contribution in [3.05, 3.63) is 123 Å². The minimum absolute atomic E-state index is 1.10. The molecule has 0 atom stereocenters. The van der Waals surface area contributed by atoms with Gasteiger partial charge in [-0.05, 0) is 59.5 Å². The van der Waals surface area contributed by atoms with Crippen molar-refractivity contribution in [1.29, 1.82) is 0 Å². The first-order chi connectivity index (χ1) is 15.5. The molecule has 0 aromatic heterocycles. The molecule has 0 aliphatic heterocycles. The van der Waals surface area contributed by atoms with Crippen LogP contribution >= 0.6 is 0 Å². The molecular weight excluding hydrogens is 417 g/mol. The van der Waals surface area contributed by atoms with E-state index in [-0.39, 0.29) is 0 Å². The number of allylic oxidation sites excluding steroid dienone is 8. The summed E-state index contributed by atoms with van der Waals surface area (Å²) in [4.78, 5) is 0. The van der Waals surface area contributed by atoms with Crippen LogP contribution in [-0.4, -0.2) is 16.1 Å². The second kappa shape index (κ2) is 15.4. The summed E-state index contributed by atoms with van der Waals surface area (Å²) in [6, 6.07) is 17.7. The molecule has 0 N–H and O–H groups in total. The fourth-order valence-corrected chi connectivity index (χ4v) is 11.4. The van der Waals surface area contributed by atoms with Crippen molar-refractivity contribution >= 4 is 28.3 Å². The predicted octanol–water partition coefficient (Wildman–Crippen LogP) is 9.73. The van der Waals surface area contributed by atoms with Crippen LogP contribution in [-0.2, 0) is 0 Å². The second-order valence-electron chi connectivity index (χ2n) is 8.84. The van der Waals surface area contributed by atoms with E-state index in [9.17, 15) is 0 Å². The first-order valence-electron chi connectivity index (χ1n) is 11.6. The Kier molecular flexibility index (Phi) is 13.3. The van der Waals surface area contributed by atoms with E-state index in [1.165, 1.54) is 11.1 Å². The Morgan fingerprint density at radius 3 is 0.906 bits per heavy atom. The summed E-state index contributed by atoms with van der Waals surface area (Å²) in [5.74, 6) is 0. The van der Waals surface area contributed by atoms with Crippen LogP contribution in [0, 0.1) is 0 Å². The van der Waals surface area contributed by atoms with Crippen molar-refractivity contribution in [3.63, 3.8) is 0 Å². The van der Waals surface area contributed by atoms with Crippen LogP contribution < -0.4 is 0 Å². The highest BCUT2D eigenvalue weighted by Gasteiger charge is 2.27. The average molecular weight is 459 g/mol. The van der Waals surface area contributed by atoms with Gasteiger partial charge in [-0.1, -0.05) is 85.0 Å². The standard InChI is InChI=1S/C30H42Si2/c1-7-21-31(22-8-2,23-9-3)27-13-15-29-17-19-30(20-18-29)16-14-28-32(24-10-4,25-11-5)26-12-6/h7-20H,1-6,21-28H2. The lowest BCUT2D eigenvalue weighted by molar-refractivity contribution is 1.29. The summed E-state index contributed by atoms with van der Waals surface area (Å²) in [5.41, 5.74) is 2.49. The van der Waals surface area contributed by atoms with Gasteiger partial charge in [0.15, 0.2) is 0 Å². The van der Waals surface area contributed by atoms with Crippen LogP contribution in [0.4, 0.5) is 0 Å². The highest BCUT2D eigenvalue weighted by atomic mass is 28.3. The molecule has 0 unspecified atom stereocenters. The third kappa shape index (κ3) is 9.38. The van der Waals surface area contributed by atoms with Crippen LogP contribution in [0.15, 0.2) is 112 Å². The predicted molar refractivity (Wildman–Crippen MR) is 156 cm³/mol. The van der Waals surface area contributed by atoms with Crippen LogP contribution in [0.25, 0.3) is 12.2 Å². The van der Waals surface area contributed by atoms with E-state index >= 15 is 0 Å². The van der Waals surface area contributed by atoms with Gasteiger partial charge in [-0.3, -0.25) is 0 Å². The topological polar surface area (TPSA) is 0 Å². The van der Waals surface area contributed by atoms with Gasteiger partial charge in [0.1, 0.15) is 0 Å². The van der Waals surface area contributed by atoms with Crippen LogP contribution in [0.1, 0.15) is 11.1 Å². The summed E-state index contributed by atoms with van der Waals surface area (Å²) >= 11 is 0. The SMILES string of the molecule is C=CC[Si](CC=C)(CC=C)CC=Cc1ccc(C=CC[Si](CC=C)(CC=C)CC=C)cc1. The number of hydrogen-bond acceptors (Lipinski definition) is 0. The molecule has 2 heteroatoms. The van der Waals surface area contributed by atoms with Crippen molar-refractivity contribution < 1.29 is 0 Å². The first kappa shape index (κ1) is 27.6. The van der Waals surface area contributed by atoms with Crippen LogP contribution in [0.5, 0.6) is 0 Å². The summed E-state index contributed by atoms with van der Waals surface area (Å²) in [7, 11) is -2.97. The lowest BCUT2D eigenvalue weighted by Crippen LogP contribution is -2.31. The molecule has 0 aliphatic rings. The summed E-state index contributed by atoms with van der Waals surface area (Å²) in [5, 5.41) is 0. The average Bonchev–Trinajstić information content (AvgIpc) is 2.76. The fraction of sp³-hybridized carbons (Fsp3) is 0.267. The molecule has 1 rings (SSSR count). The minimum atomic E-state index is -1.49. The summed E-state index contributed by atoms with van der Waals surface area (Å²) < 4.78 is 0. The molecule has 32 heavy (non-hydrogen) atoms. The summed E-state index contributed by atoms with van der Waals surface area (Å²) in [6.07, 6.45) is 21.6. The Bertz CT molecular complexity index is 686. The third-order valence-corrected chi connectivity index (χ3v) is 15.3. The van der Waals surface area contributed by atoms with Crippen LogP contribution in [0.3, 0.4) is 0 Å². The Morgan fingerprint density at radius 1 is 0.438 bits per heavy atom. The van der Waals surface area contributed by atoms with E-state index in [4.69, 9.17) is 0 Å². The maximum atomic E-state index is 3.98. The van der Waals surface area contributed by atoms with Crippen molar-refractivity contribution in [2.24, 2.45) is 0 Å².